The van der Waals surface area contributed by atoms with Crippen LogP contribution in [-0.2, 0) is 4.79 Å². The highest BCUT2D eigenvalue weighted by Gasteiger charge is 2.26. The molecule has 0 fully saturated rings. The second-order valence-electron chi connectivity index (χ2n) is 2.61. The second-order valence-corrected chi connectivity index (χ2v) is 2.61. The summed E-state index contributed by atoms with van der Waals surface area (Å²) in [5.74, 6) is -1.24. The van der Waals surface area contributed by atoms with E-state index in [0.717, 1.165) is 0 Å². The van der Waals surface area contributed by atoms with Gasteiger partial charge in [0.05, 0.1) is 15.9 Å². The number of nitrogens with zero attached hydrogens (tertiary/aromatic N) is 1. The summed E-state index contributed by atoms with van der Waals surface area (Å²) in [6.07, 6.45) is 0. The Hall–Kier alpha value is -2.19. The molecular formula is C10H9N2O2+. The average molecular weight is 189 g/mol. The maximum absolute atomic E-state index is 10.6. The number of carboxylic acid groups (broad SMARTS) is 1. The van der Waals surface area contributed by atoms with Crippen molar-refractivity contribution in [1.29, 1.82) is 5.53 Å². The van der Waals surface area contributed by atoms with Crippen molar-refractivity contribution >= 4 is 17.3 Å². The fraction of sp³-hybridized carbons (Fsp3) is 0. The van der Waals surface area contributed by atoms with Gasteiger partial charge in [0.25, 0.3) is 0 Å². The highest BCUT2D eigenvalue weighted by molar-refractivity contribution is 6.51. The van der Waals surface area contributed by atoms with Crippen LogP contribution < -0.4 is 0 Å². The summed E-state index contributed by atoms with van der Waals surface area (Å²) in [5.41, 5.74) is 7.28. The summed E-state index contributed by atoms with van der Waals surface area (Å²) in [5, 5.41) is 8.69. The molecule has 0 aliphatic rings. The van der Waals surface area contributed by atoms with Gasteiger partial charge in [0.2, 0.25) is 0 Å². The van der Waals surface area contributed by atoms with Crippen molar-refractivity contribution < 1.29 is 14.7 Å². The number of carboxylic acids is 1. The highest BCUT2D eigenvalue weighted by Crippen LogP contribution is 2.12. The molecule has 0 amide bonds. The minimum atomic E-state index is -1.24. The Labute approximate surface area is 80.7 Å². The third kappa shape index (κ3) is 1.94. The first-order chi connectivity index (χ1) is 6.66. The van der Waals surface area contributed by atoms with Gasteiger partial charge in [-0.05, 0) is 5.56 Å². The summed E-state index contributed by atoms with van der Waals surface area (Å²) < 4.78 is 0. The van der Waals surface area contributed by atoms with Crippen molar-refractivity contribution in [3.63, 3.8) is 0 Å². The van der Waals surface area contributed by atoms with E-state index in [2.05, 4.69) is 11.4 Å². The number of benzene rings is 1. The van der Waals surface area contributed by atoms with Gasteiger partial charge in [0, 0.05) is 0 Å². The quantitative estimate of drug-likeness (QED) is 0.429. The monoisotopic (exact) mass is 189 g/mol. The third-order valence-corrected chi connectivity index (χ3v) is 1.72. The van der Waals surface area contributed by atoms with Crippen LogP contribution in [0.4, 0.5) is 0 Å². The van der Waals surface area contributed by atoms with E-state index in [0.29, 0.717) is 5.56 Å². The van der Waals surface area contributed by atoms with Gasteiger partial charge in [-0.1, -0.05) is 36.9 Å². The van der Waals surface area contributed by atoms with Crippen LogP contribution in [0.2, 0.25) is 0 Å². The van der Waals surface area contributed by atoms with Gasteiger partial charge in [-0.2, -0.15) is 0 Å². The van der Waals surface area contributed by atoms with Gasteiger partial charge in [-0.15, -0.1) is 0 Å². The van der Waals surface area contributed by atoms with Gasteiger partial charge in [-0.25, -0.2) is 4.79 Å². The van der Waals surface area contributed by atoms with Crippen LogP contribution in [0.5, 0.6) is 0 Å². The molecule has 1 aromatic rings. The molecule has 14 heavy (non-hydrogen) atoms. The molecule has 0 saturated heterocycles. The minimum Gasteiger partial charge on any atom is -0.472 e. The van der Waals surface area contributed by atoms with Crippen molar-refractivity contribution in [2.75, 3.05) is 0 Å². The van der Waals surface area contributed by atoms with E-state index in [-0.39, 0.29) is 11.3 Å². The SMILES string of the molecule is C=C(C(=[N+]=N)C(=O)O)c1ccccc1. The fourth-order valence-electron chi connectivity index (χ4n) is 1.02. The van der Waals surface area contributed by atoms with Gasteiger partial charge in [0.1, 0.15) is 0 Å². The van der Waals surface area contributed by atoms with Crippen LogP contribution in [-0.4, -0.2) is 21.6 Å². The van der Waals surface area contributed by atoms with Crippen LogP contribution in [0.1, 0.15) is 5.56 Å². The van der Waals surface area contributed by atoms with E-state index in [1.165, 1.54) is 0 Å². The number of nitrogens with one attached hydrogen (secondary N) is 1. The summed E-state index contributed by atoms with van der Waals surface area (Å²) >= 11 is 0. The van der Waals surface area contributed by atoms with Gasteiger partial charge in [0.15, 0.2) is 0 Å². The van der Waals surface area contributed by atoms with Crippen LogP contribution in [0.3, 0.4) is 0 Å². The van der Waals surface area contributed by atoms with Crippen molar-refractivity contribution in [2.24, 2.45) is 0 Å². The number of hydrogen-bond donors (Lipinski definition) is 2. The zero-order valence-corrected chi connectivity index (χ0v) is 7.40. The maximum Gasteiger partial charge on any atom is 0.455 e. The Kier molecular flexibility index (Phi) is 2.94. The predicted octanol–water partition coefficient (Wildman–Crippen LogP) is 1.46. The Morgan fingerprint density at radius 1 is 1.36 bits per heavy atom. The maximum atomic E-state index is 10.6. The Bertz CT molecular complexity index is 417. The van der Waals surface area contributed by atoms with Gasteiger partial charge < -0.3 is 5.11 Å². The summed E-state index contributed by atoms with van der Waals surface area (Å²) in [6, 6.07) is 8.79. The molecule has 0 aromatic heterocycles. The lowest BCUT2D eigenvalue weighted by Crippen LogP contribution is -2.15. The molecule has 0 aliphatic heterocycles. The van der Waals surface area contributed by atoms with Crippen LogP contribution >= 0.6 is 0 Å². The molecule has 0 spiro atoms. The lowest BCUT2D eigenvalue weighted by atomic mass is 10.0. The van der Waals surface area contributed by atoms with Crippen LogP contribution in [0.25, 0.3) is 5.57 Å². The summed E-state index contributed by atoms with van der Waals surface area (Å²) in [6.45, 7) is 3.59. The third-order valence-electron chi connectivity index (χ3n) is 1.72. The van der Waals surface area contributed by atoms with Crippen molar-refractivity contribution in [3.8, 4) is 0 Å². The molecule has 0 aliphatic carbocycles. The van der Waals surface area contributed by atoms with E-state index in [9.17, 15) is 4.79 Å². The molecule has 0 radical (unpaired) electrons. The standard InChI is InChI=1S/C10H8N2O2/c1-7(9(12-11)10(13)14)8-5-3-2-4-6-8/h2-6,11H,1H2/p+1. The molecule has 4 heteroatoms. The molecule has 1 aromatic carbocycles. The Balaban J connectivity index is 3.09. The zero-order valence-electron chi connectivity index (χ0n) is 7.40. The summed E-state index contributed by atoms with van der Waals surface area (Å²) in [7, 11) is 0. The number of hydrogen-bond acceptors (Lipinski definition) is 2. The second kappa shape index (κ2) is 4.16. The molecule has 1 rings (SSSR count). The first-order valence-electron chi connectivity index (χ1n) is 3.89. The minimum absolute atomic E-state index is 0.244. The van der Waals surface area contributed by atoms with E-state index in [1.807, 2.05) is 6.07 Å². The average Bonchev–Trinajstić information content (AvgIpc) is 2.19. The van der Waals surface area contributed by atoms with Crippen LogP contribution in [0.15, 0.2) is 36.9 Å². The van der Waals surface area contributed by atoms with Gasteiger partial charge >= 0.3 is 11.7 Å². The van der Waals surface area contributed by atoms with E-state index in [4.69, 9.17) is 10.6 Å². The van der Waals surface area contributed by atoms with E-state index >= 15 is 0 Å². The molecule has 70 valence electrons. The molecular weight excluding hydrogens is 180 g/mol. The molecule has 0 bridgehead atoms. The van der Waals surface area contributed by atoms with Crippen molar-refractivity contribution in [2.45, 2.75) is 0 Å². The van der Waals surface area contributed by atoms with E-state index in [1.54, 1.807) is 24.3 Å². The molecule has 0 atom stereocenters. The molecule has 2 N–H and O–H groups in total. The molecule has 0 heterocycles. The summed E-state index contributed by atoms with van der Waals surface area (Å²) in [4.78, 5) is 13.6. The first-order valence-corrected chi connectivity index (χ1v) is 3.89. The Morgan fingerprint density at radius 3 is 2.36 bits per heavy atom. The largest absolute Gasteiger partial charge is 0.472 e. The van der Waals surface area contributed by atoms with Gasteiger partial charge in [-0.3, -0.25) is 0 Å². The smallest absolute Gasteiger partial charge is 0.455 e. The lowest BCUT2D eigenvalue weighted by Gasteiger charge is -1.95. The number of rotatable bonds is 3. The van der Waals surface area contributed by atoms with Crippen LogP contribution in [0, 0.1) is 5.53 Å². The number of aliphatic carboxylic acids is 1. The van der Waals surface area contributed by atoms with Crippen molar-refractivity contribution in [3.05, 3.63) is 42.5 Å². The first kappa shape index (κ1) is 9.89. The fourth-order valence-corrected chi connectivity index (χ4v) is 1.02. The Morgan fingerprint density at radius 2 is 1.93 bits per heavy atom. The zero-order chi connectivity index (χ0) is 10.6. The highest BCUT2D eigenvalue weighted by atomic mass is 16.4. The van der Waals surface area contributed by atoms with E-state index < -0.39 is 5.97 Å². The normalized spacial score (nSPS) is 8.86. The van der Waals surface area contributed by atoms with Crippen molar-refractivity contribution in [1.82, 2.24) is 0 Å². The number of carbonyl (C=O) groups is 1. The lowest BCUT2D eigenvalue weighted by molar-refractivity contribution is -0.146. The molecule has 0 saturated carbocycles. The molecule has 0 unspecified atom stereocenters. The topological polar surface area (TPSA) is 75.2 Å². The predicted molar refractivity (Wildman–Crippen MR) is 51.1 cm³/mol. The molecule has 4 nitrogen and oxygen atoms in total.